The summed E-state index contributed by atoms with van der Waals surface area (Å²) < 4.78 is 0. The van der Waals surface area contributed by atoms with Gasteiger partial charge in [0.1, 0.15) is 0 Å². The Morgan fingerprint density at radius 2 is 2.20 bits per heavy atom. The van der Waals surface area contributed by atoms with Gasteiger partial charge in [0, 0.05) is 25.0 Å². The zero-order valence-electron chi connectivity index (χ0n) is 8.97. The molecule has 3 nitrogen and oxygen atoms in total. The molecule has 1 aromatic rings. The first-order valence-corrected chi connectivity index (χ1v) is 5.66. The van der Waals surface area contributed by atoms with Gasteiger partial charge >= 0.3 is 0 Å². The van der Waals surface area contributed by atoms with E-state index in [0.29, 0.717) is 6.04 Å². The van der Waals surface area contributed by atoms with Crippen molar-refractivity contribution in [3.05, 3.63) is 30.1 Å². The van der Waals surface area contributed by atoms with Crippen LogP contribution >= 0.6 is 0 Å². The van der Waals surface area contributed by atoms with Crippen molar-refractivity contribution in [3.63, 3.8) is 0 Å². The Labute approximate surface area is 90.8 Å². The fraction of sp³-hybridized carbons (Fsp3) is 0.583. The van der Waals surface area contributed by atoms with Crippen molar-refractivity contribution in [1.82, 2.24) is 9.88 Å². The Bertz CT molecular complexity index is 283. The molecule has 0 spiro atoms. The molecule has 1 atom stereocenters. The third-order valence-corrected chi connectivity index (χ3v) is 3.05. The van der Waals surface area contributed by atoms with Crippen molar-refractivity contribution in [2.45, 2.75) is 25.3 Å². The van der Waals surface area contributed by atoms with Gasteiger partial charge in [-0.3, -0.25) is 9.88 Å². The highest BCUT2D eigenvalue weighted by Crippen LogP contribution is 2.26. The summed E-state index contributed by atoms with van der Waals surface area (Å²) in [5.41, 5.74) is 1.23. The Kier molecular flexibility index (Phi) is 3.69. The molecule has 1 aliphatic rings. The standard InChI is InChI=1S/C12H18N2O/c15-9-5-12(14-7-1-2-8-14)11-4-3-6-13-10-11/h3-4,6,10,12,15H,1-2,5,7-9H2. The monoisotopic (exact) mass is 206 g/mol. The van der Waals surface area contributed by atoms with E-state index in [2.05, 4.69) is 16.0 Å². The van der Waals surface area contributed by atoms with Crippen LogP contribution in [0.3, 0.4) is 0 Å². The van der Waals surface area contributed by atoms with Crippen LogP contribution in [-0.4, -0.2) is 34.7 Å². The summed E-state index contributed by atoms with van der Waals surface area (Å²) in [6.45, 7) is 2.55. The van der Waals surface area contributed by atoms with Gasteiger partial charge < -0.3 is 5.11 Å². The van der Waals surface area contributed by atoms with E-state index < -0.39 is 0 Å². The summed E-state index contributed by atoms with van der Waals surface area (Å²) in [5.74, 6) is 0. The molecule has 0 aromatic carbocycles. The minimum absolute atomic E-state index is 0.246. The number of pyridine rings is 1. The molecule has 2 heterocycles. The van der Waals surface area contributed by atoms with Gasteiger partial charge in [0.25, 0.3) is 0 Å². The highest BCUT2D eigenvalue weighted by Gasteiger charge is 2.22. The van der Waals surface area contributed by atoms with Gasteiger partial charge in [0.05, 0.1) is 0 Å². The molecule has 0 bridgehead atoms. The molecule has 1 N–H and O–H groups in total. The normalized spacial score (nSPS) is 19.3. The fourth-order valence-electron chi connectivity index (χ4n) is 2.31. The SMILES string of the molecule is OCCC(c1cccnc1)N1CCCC1. The Morgan fingerprint density at radius 1 is 1.40 bits per heavy atom. The van der Waals surface area contributed by atoms with Crippen LogP contribution in [0, 0.1) is 0 Å². The highest BCUT2D eigenvalue weighted by molar-refractivity contribution is 5.14. The summed E-state index contributed by atoms with van der Waals surface area (Å²) in [5, 5.41) is 9.11. The second-order valence-electron chi connectivity index (χ2n) is 4.06. The van der Waals surface area contributed by atoms with E-state index in [1.54, 1.807) is 6.20 Å². The van der Waals surface area contributed by atoms with E-state index in [4.69, 9.17) is 5.11 Å². The molecule has 82 valence electrons. The number of hydrogen-bond donors (Lipinski definition) is 1. The first kappa shape index (κ1) is 10.6. The molecule has 0 aliphatic carbocycles. The van der Waals surface area contributed by atoms with E-state index in [1.165, 1.54) is 18.4 Å². The van der Waals surface area contributed by atoms with E-state index in [-0.39, 0.29) is 6.61 Å². The molecule has 15 heavy (non-hydrogen) atoms. The number of hydrogen-bond acceptors (Lipinski definition) is 3. The van der Waals surface area contributed by atoms with Crippen LogP contribution in [0.5, 0.6) is 0 Å². The van der Waals surface area contributed by atoms with Gasteiger partial charge in [-0.2, -0.15) is 0 Å². The molecule has 1 aliphatic heterocycles. The Morgan fingerprint density at radius 3 is 2.80 bits per heavy atom. The van der Waals surface area contributed by atoms with Gasteiger partial charge in [-0.05, 0) is 44.0 Å². The molecule has 1 fully saturated rings. The molecule has 2 rings (SSSR count). The number of nitrogens with zero attached hydrogens (tertiary/aromatic N) is 2. The van der Waals surface area contributed by atoms with Gasteiger partial charge in [0.2, 0.25) is 0 Å². The predicted octanol–water partition coefficient (Wildman–Crippen LogP) is 1.60. The maximum absolute atomic E-state index is 9.11. The zero-order valence-corrected chi connectivity index (χ0v) is 8.97. The lowest BCUT2D eigenvalue weighted by atomic mass is 10.1. The van der Waals surface area contributed by atoms with Crippen LogP contribution in [0.2, 0.25) is 0 Å². The molecule has 1 saturated heterocycles. The summed E-state index contributed by atoms with van der Waals surface area (Å²) in [6, 6.07) is 4.42. The van der Waals surface area contributed by atoms with E-state index >= 15 is 0 Å². The number of aromatic nitrogens is 1. The number of likely N-dealkylation sites (tertiary alicyclic amines) is 1. The molecule has 1 unspecified atom stereocenters. The maximum Gasteiger partial charge on any atom is 0.0449 e. The smallest absolute Gasteiger partial charge is 0.0449 e. The first-order valence-electron chi connectivity index (χ1n) is 5.66. The highest BCUT2D eigenvalue weighted by atomic mass is 16.3. The topological polar surface area (TPSA) is 36.4 Å². The summed E-state index contributed by atoms with van der Waals surface area (Å²) in [4.78, 5) is 6.60. The number of aliphatic hydroxyl groups excluding tert-OH is 1. The fourth-order valence-corrected chi connectivity index (χ4v) is 2.31. The molecule has 0 saturated carbocycles. The molecule has 0 radical (unpaired) electrons. The molecule has 0 amide bonds. The minimum Gasteiger partial charge on any atom is -0.396 e. The maximum atomic E-state index is 9.11. The average molecular weight is 206 g/mol. The molecule has 3 heteroatoms. The minimum atomic E-state index is 0.246. The second-order valence-corrected chi connectivity index (χ2v) is 4.06. The molecular formula is C12H18N2O. The van der Waals surface area contributed by atoms with Crippen molar-refractivity contribution < 1.29 is 5.11 Å². The first-order chi connectivity index (χ1) is 7.42. The van der Waals surface area contributed by atoms with E-state index in [0.717, 1.165) is 19.5 Å². The lowest BCUT2D eigenvalue weighted by Gasteiger charge is -2.26. The number of aliphatic hydroxyl groups is 1. The van der Waals surface area contributed by atoms with Crippen molar-refractivity contribution in [2.24, 2.45) is 0 Å². The summed E-state index contributed by atoms with van der Waals surface area (Å²) >= 11 is 0. The van der Waals surface area contributed by atoms with Gasteiger partial charge in [-0.25, -0.2) is 0 Å². The van der Waals surface area contributed by atoms with Crippen LogP contribution in [0.15, 0.2) is 24.5 Å². The summed E-state index contributed by atoms with van der Waals surface area (Å²) in [6.07, 6.45) is 7.08. The predicted molar refractivity (Wildman–Crippen MR) is 59.5 cm³/mol. The lowest BCUT2D eigenvalue weighted by Crippen LogP contribution is -2.26. The lowest BCUT2D eigenvalue weighted by molar-refractivity contribution is 0.185. The van der Waals surface area contributed by atoms with Crippen LogP contribution in [-0.2, 0) is 0 Å². The van der Waals surface area contributed by atoms with Crippen molar-refractivity contribution >= 4 is 0 Å². The van der Waals surface area contributed by atoms with E-state index in [9.17, 15) is 0 Å². The van der Waals surface area contributed by atoms with Crippen LogP contribution in [0.25, 0.3) is 0 Å². The van der Waals surface area contributed by atoms with Crippen molar-refractivity contribution in [1.29, 1.82) is 0 Å². The van der Waals surface area contributed by atoms with Gasteiger partial charge in [0.15, 0.2) is 0 Å². The van der Waals surface area contributed by atoms with Crippen LogP contribution in [0.1, 0.15) is 30.9 Å². The van der Waals surface area contributed by atoms with Crippen LogP contribution < -0.4 is 0 Å². The third kappa shape index (κ3) is 2.55. The Hall–Kier alpha value is -0.930. The summed E-state index contributed by atoms with van der Waals surface area (Å²) in [7, 11) is 0. The largest absolute Gasteiger partial charge is 0.396 e. The van der Waals surface area contributed by atoms with Gasteiger partial charge in [-0.1, -0.05) is 6.07 Å². The Balaban J connectivity index is 2.11. The molecule has 1 aromatic heterocycles. The second kappa shape index (κ2) is 5.24. The van der Waals surface area contributed by atoms with E-state index in [1.807, 2.05) is 12.3 Å². The van der Waals surface area contributed by atoms with Crippen LogP contribution in [0.4, 0.5) is 0 Å². The van der Waals surface area contributed by atoms with Crippen molar-refractivity contribution in [3.8, 4) is 0 Å². The quantitative estimate of drug-likeness (QED) is 0.813. The van der Waals surface area contributed by atoms with Crippen molar-refractivity contribution in [2.75, 3.05) is 19.7 Å². The third-order valence-electron chi connectivity index (χ3n) is 3.05. The molecular weight excluding hydrogens is 188 g/mol. The van der Waals surface area contributed by atoms with Gasteiger partial charge in [-0.15, -0.1) is 0 Å². The average Bonchev–Trinajstić information content (AvgIpc) is 2.80. The number of rotatable bonds is 4. The zero-order chi connectivity index (χ0) is 10.5.